The summed E-state index contributed by atoms with van der Waals surface area (Å²) in [6, 6.07) is 16.1. The molecule has 1 unspecified atom stereocenters. The molecule has 2 amide bonds. The Morgan fingerprint density at radius 3 is 2.50 bits per heavy atom. The van der Waals surface area contributed by atoms with E-state index in [1.165, 1.54) is 24.3 Å². The number of halogens is 1. The van der Waals surface area contributed by atoms with Crippen molar-refractivity contribution >= 4 is 28.8 Å². The number of amides is 2. The second-order valence-corrected chi connectivity index (χ2v) is 8.34. The number of ether oxygens (including phenoxy) is 1. The van der Waals surface area contributed by atoms with Crippen molar-refractivity contribution in [3.63, 3.8) is 0 Å². The highest BCUT2D eigenvalue weighted by atomic mass is 19.1. The van der Waals surface area contributed by atoms with E-state index in [2.05, 4.69) is 22.8 Å². The van der Waals surface area contributed by atoms with Gasteiger partial charge < -0.3 is 10.1 Å². The van der Waals surface area contributed by atoms with Crippen LogP contribution < -0.4 is 15.5 Å². The van der Waals surface area contributed by atoms with E-state index < -0.39 is 23.7 Å². The summed E-state index contributed by atoms with van der Waals surface area (Å²) < 4.78 is 19.1. The lowest BCUT2D eigenvalue weighted by atomic mass is 10.0. The lowest BCUT2D eigenvalue weighted by Gasteiger charge is -2.20. The molecular formula is C27H30FN3O3. The van der Waals surface area contributed by atoms with Crippen LogP contribution in [-0.4, -0.2) is 30.7 Å². The number of unbranched alkanes of at least 4 members (excludes halogenated alkanes) is 1. The van der Waals surface area contributed by atoms with Gasteiger partial charge in [0.1, 0.15) is 17.6 Å². The predicted octanol–water partition coefficient (Wildman–Crippen LogP) is 5.06. The molecule has 0 fully saturated rings. The van der Waals surface area contributed by atoms with Crippen molar-refractivity contribution in [2.75, 3.05) is 6.61 Å². The van der Waals surface area contributed by atoms with Gasteiger partial charge in [0.2, 0.25) is 0 Å². The Bertz CT molecular complexity index is 1160. The van der Waals surface area contributed by atoms with Crippen LogP contribution in [0.3, 0.4) is 0 Å². The summed E-state index contributed by atoms with van der Waals surface area (Å²) in [6.07, 6.45) is 3.53. The molecule has 3 rings (SSSR count). The van der Waals surface area contributed by atoms with Crippen LogP contribution in [0.1, 0.15) is 49.5 Å². The number of hydrogen-bond acceptors (Lipinski definition) is 4. The number of carbonyl (C=O) groups excluding carboxylic acids is 2. The molecule has 7 heteroatoms. The molecule has 0 radical (unpaired) electrons. The minimum absolute atomic E-state index is 0.190. The Kier molecular flexibility index (Phi) is 8.73. The number of benzene rings is 3. The number of fused-ring (bicyclic) bond motifs is 1. The maximum Gasteiger partial charge on any atom is 0.262 e. The number of hydrogen-bond donors (Lipinski definition) is 2. The first-order valence-electron chi connectivity index (χ1n) is 11.4. The summed E-state index contributed by atoms with van der Waals surface area (Å²) >= 11 is 0. The standard InChI is InChI=1S/C27H30FN3O3/c1-4-5-16-34-24-15-12-19-8-6-7-9-22(19)23(24)17-29-31-27(33)25(18(2)3)30-26(32)20-10-13-21(28)14-11-20/h6-15,17-18,25H,4-5,16H2,1-3H3,(H,30,32)(H,31,33). The van der Waals surface area contributed by atoms with Gasteiger partial charge in [-0.25, -0.2) is 9.82 Å². The van der Waals surface area contributed by atoms with Crippen LogP contribution in [0.25, 0.3) is 10.8 Å². The van der Waals surface area contributed by atoms with E-state index in [9.17, 15) is 14.0 Å². The van der Waals surface area contributed by atoms with Gasteiger partial charge in [0, 0.05) is 11.1 Å². The van der Waals surface area contributed by atoms with Gasteiger partial charge >= 0.3 is 0 Å². The molecule has 0 bridgehead atoms. The Hall–Kier alpha value is -3.74. The van der Waals surface area contributed by atoms with Gasteiger partial charge in [-0.15, -0.1) is 0 Å². The average molecular weight is 464 g/mol. The van der Waals surface area contributed by atoms with Crippen molar-refractivity contribution in [1.29, 1.82) is 0 Å². The Morgan fingerprint density at radius 2 is 1.79 bits per heavy atom. The fourth-order valence-electron chi connectivity index (χ4n) is 3.45. The lowest BCUT2D eigenvalue weighted by Crippen LogP contribution is -2.48. The first-order chi connectivity index (χ1) is 16.4. The molecule has 34 heavy (non-hydrogen) atoms. The first-order valence-corrected chi connectivity index (χ1v) is 11.4. The van der Waals surface area contributed by atoms with Crippen molar-refractivity contribution in [2.45, 2.75) is 39.7 Å². The largest absolute Gasteiger partial charge is 0.493 e. The van der Waals surface area contributed by atoms with Crippen molar-refractivity contribution < 1.29 is 18.7 Å². The third kappa shape index (κ3) is 6.41. The molecule has 0 saturated carbocycles. The van der Waals surface area contributed by atoms with Crippen molar-refractivity contribution in [1.82, 2.24) is 10.7 Å². The van der Waals surface area contributed by atoms with E-state index in [1.54, 1.807) is 6.21 Å². The van der Waals surface area contributed by atoms with E-state index in [0.29, 0.717) is 12.4 Å². The number of rotatable bonds is 10. The normalized spacial score (nSPS) is 12.1. The molecule has 0 aliphatic rings. The Balaban J connectivity index is 1.75. The minimum Gasteiger partial charge on any atom is -0.493 e. The molecule has 0 spiro atoms. The molecular weight excluding hydrogens is 433 g/mol. The number of nitrogens with zero attached hydrogens (tertiary/aromatic N) is 1. The monoisotopic (exact) mass is 463 g/mol. The average Bonchev–Trinajstić information content (AvgIpc) is 2.83. The van der Waals surface area contributed by atoms with Gasteiger partial charge in [-0.05, 0) is 53.4 Å². The number of hydrazone groups is 1. The van der Waals surface area contributed by atoms with E-state index in [4.69, 9.17) is 4.74 Å². The summed E-state index contributed by atoms with van der Waals surface area (Å²) in [5, 5.41) is 8.86. The van der Waals surface area contributed by atoms with Gasteiger partial charge in [-0.2, -0.15) is 5.10 Å². The second kappa shape index (κ2) is 11.9. The highest BCUT2D eigenvalue weighted by molar-refractivity contribution is 6.03. The second-order valence-electron chi connectivity index (χ2n) is 8.34. The lowest BCUT2D eigenvalue weighted by molar-refractivity contribution is -0.123. The van der Waals surface area contributed by atoms with Crippen LogP contribution in [0, 0.1) is 11.7 Å². The van der Waals surface area contributed by atoms with Crippen LogP contribution in [0.4, 0.5) is 4.39 Å². The number of nitrogens with one attached hydrogen (secondary N) is 2. The van der Waals surface area contributed by atoms with E-state index >= 15 is 0 Å². The SMILES string of the molecule is CCCCOc1ccc2ccccc2c1C=NNC(=O)C(NC(=O)c1ccc(F)cc1)C(C)C. The summed E-state index contributed by atoms with van der Waals surface area (Å²) in [5.74, 6) is -0.843. The Morgan fingerprint density at radius 1 is 1.06 bits per heavy atom. The van der Waals surface area contributed by atoms with E-state index in [-0.39, 0.29) is 11.5 Å². The van der Waals surface area contributed by atoms with Gasteiger partial charge in [0.05, 0.1) is 12.8 Å². The molecule has 6 nitrogen and oxygen atoms in total. The molecule has 3 aromatic carbocycles. The van der Waals surface area contributed by atoms with Crippen LogP contribution in [0.15, 0.2) is 65.8 Å². The fourth-order valence-corrected chi connectivity index (χ4v) is 3.45. The van der Waals surface area contributed by atoms with Crippen LogP contribution in [0.2, 0.25) is 0 Å². The maximum atomic E-state index is 13.1. The summed E-state index contributed by atoms with van der Waals surface area (Å²) in [5.41, 5.74) is 3.58. The highest BCUT2D eigenvalue weighted by Crippen LogP contribution is 2.27. The smallest absolute Gasteiger partial charge is 0.262 e. The van der Waals surface area contributed by atoms with Crippen LogP contribution in [-0.2, 0) is 4.79 Å². The molecule has 3 aromatic rings. The first kappa shape index (κ1) is 24.9. The summed E-state index contributed by atoms with van der Waals surface area (Å²) in [4.78, 5) is 25.3. The van der Waals surface area contributed by atoms with Gasteiger partial charge in [0.15, 0.2) is 0 Å². The zero-order chi connectivity index (χ0) is 24.5. The molecule has 2 N–H and O–H groups in total. The van der Waals surface area contributed by atoms with Gasteiger partial charge in [-0.3, -0.25) is 9.59 Å². The molecule has 178 valence electrons. The highest BCUT2D eigenvalue weighted by Gasteiger charge is 2.24. The van der Waals surface area contributed by atoms with Gasteiger partial charge in [-0.1, -0.05) is 57.5 Å². The van der Waals surface area contributed by atoms with Gasteiger partial charge in [0.25, 0.3) is 11.8 Å². The minimum atomic E-state index is -0.817. The molecule has 0 aliphatic heterocycles. The molecule has 0 heterocycles. The van der Waals surface area contributed by atoms with E-state index in [0.717, 1.165) is 29.2 Å². The van der Waals surface area contributed by atoms with Crippen molar-refractivity contribution in [3.05, 3.63) is 77.6 Å². The number of carbonyl (C=O) groups is 2. The molecule has 0 saturated heterocycles. The third-order valence-corrected chi connectivity index (χ3v) is 5.40. The molecule has 0 aromatic heterocycles. The van der Waals surface area contributed by atoms with E-state index in [1.807, 2.05) is 50.2 Å². The third-order valence-electron chi connectivity index (χ3n) is 5.40. The molecule has 1 atom stereocenters. The maximum absolute atomic E-state index is 13.1. The quantitative estimate of drug-likeness (QED) is 0.251. The summed E-state index contributed by atoms with van der Waals surface area (Å²) in [6.45, 7) is 6.33. The Labute approximate surface area is 199 Å². The van der Waals surface area contributed by atoms with Crippen molar-refractivity contribution in [3.8, 4) is 5.75 Å². The van der Waals surface area contributed by atoms with Crippen LogP contribution in [0.5, 0.6) is 5.75 Å². The van der Waals surface area contributed by atoms with Crippen LogP contribution >= 0.6 is 0 Å². The predicted molar refractivity (Wildman–Crippen MR) is 133 cm³/mol. The van der Waals surface area contributed by atoms with Crippen molar-refractivity contribution in [2.24, 2.45) is 11.0 Å². The molecule has 0 aliphatic carbocycles. The summed E-state index contributed by atoms with van der Waals surface area (Å²) in [7, 11) is 0. The fraction of sp³-hybridized carbons (Fsp3) is 0.296. The topological polar surface area (TPSA) is 79.8 Å². The zero-order valence-electron chi connectivity index (χ0n) is 19.7. The zero-order valence-corrected chi connectivity index (χ0v) is 19.7.